The van der Waals surface area contributed by atoms with E-state index in [-0.39, 0.29) is 10.8 Å². The van der Waals surface area contributed by atoms with E-state index < -0.39 is 0 Å². The summed E-state index contributed by atoms with van der Waals surface area (Å²) in [5.74, 6) is 0.589. The Morgan fingerprint density at radius 2 is 1.08 bits per heavy atom. The number of ether oxygens (including phenoxy) is 2. The second kappa shape index (κ2) is 14.3. The highest BCUT2D eigenvalue weighted by molar-refractivity contribution is 5.83. The van der Waals surface area contributed by atoms with Crippen LogP contribution in [0.15, 0.2) is 12.4 Å². The Labute approximate surface area is 215 Å². The van der Waals surface area contributed by atoms with Crippen LogP contribution in [0, 0.1) is 10.8 Å². The van der Waals surface area contributed by atoms with Gasteiger partial charge in [-0.25, -0.2) is 0 Å². The number of carbonyl (C=O) groups is 2. The number of nitrogens with zero attached hydrogens (tertiary/aromatic N) is 6. The summed E-state index contributed by atoms with van der Waals surface area (Å²) < 4.78 is 14.8. The first-order valence-electron chi connectivity index (χ1n) is 13.0. The average molecular weight is 505 g/mol. The Hall–Kier alpha value is -2.46. The molecule has 0 aliphatic carbocycles. The third-order valence-electron chi connectivity index (χ3n) is 5.80. The number of Topliss-reactive ketones (excluding diaryl/α,β-unsaturated/α-hetero) is 2. The van der Waals surface area contributed by atoms with Crippen LogP contribution in [0.5, 0.6) is 0 Å². The molecule has 10 heteroatoms. The molecule has 2 aromatic rings. The lowest BCUT2D eigenvalue weighted by molar-refractivity contribution is -0.127. The Bertz CT molecular complexity index is 863. The predicted octanol–water partition coefficient (Wildman–Crippen LogP) is 4.17. The van der Waals surface area contributed by atoms with Crippen LogP contribution < -0.4 is 0 Å². The van der Waals surface area contributed by atoms with Gasteiger partial charge in [0.1, 0.15) is 23.0 Å². The van der Waals surface area contributed by atoms with Crippen molar-refractivity contribution in [2.24, 2.45) is 10.8 Å². The van der Waals surface area contributed by atoms with Crippen molar-refractivity contribution in [2.75, 3.05) is 13.2 Å². The minimum atomic E-state index is -0.269. The van der Waals surface area contributed by atoms with Gasteiger partial charge in [0.25, 0.3) is 0 Å². The molecule has 36 heavy (non-hydrogen) atoms. The van der Waals surface area contributed by atoms with E-state index in [1.54, 1.807) is 9.36 Å². The van der Waals surface area contributed by atoms with Gasteiger partial charge >= 0.3 is 0 Å². The molecule has 2 heterocycles. The minimum absolute atomic E-state index is 0.269. The van der Waals surface area contributed by atoms with Crippen molar-refractivity contribution >= 4 is 11.6 Å². The fraction of sp³-hybridized carbons (Fsp3) is 0.769. The maximum absolute atomic E-state index is 12.0. The second-order valence-corrected chi connectivity index (χ2v) is 11.3. The number of rotatable bonds is 17. The van der Waals surface area contributed by atoms with Crippen LogP contribution in [0.4, 0.5) is 0 Å². The van der Waals surface area contributed by atoms with E-state index >= 15 is 0 Å². The van der Waals surface area contributed by atoms with Gasteiger partial charge in [-0.2, -0.15) is 0 Å². The molecular formula is C26H44N6O4. The Balaban J connectivity index is 1.51. The van der Waals surface area contributed by atoms with Gasteiger partial charge in [-0.15, -0.1) is 10.2 Å². The number of hydrogen-bond acceptors (Lipinski definition) is 8. The fourth-order valence-corrected chi connectivity index (χ4v) is 3.37. The molecule has 10 nitrogen and oxygen atoms in total. The Morgan fingerprint density at radius 3 is 1.44 bits per heavy atom. The van der Waals surface area contributed by atoms with Crippen LogP contribution >= 0.6 is 0 Å². The van der Waals surface area contributed by atoms with E-state index in [2.05, 4.69) is 20.6 Å². The first-order chi connectivity index (χ1) is 16.9. The molecule has 2 rings (SSSR count). The molecule has 0 amide bonds. The minimum Gasteiger partial charge on any atom is -0.373 e. The molecule has 0 bridgehead atoms. The topological polar surface area (TPSA) is 114 Å². The summed E-state index contributed by atoms with van der Waals surface area (Å²) in [7, 11) is 0. The van der Waals surface area contributed by atoms with Gasteiger partial charge in [0, 0.05) is 36.8 Å². The zero-order valence-corrected chi connectivity index (χ0v) is 23.0. The lowest BCUT2D eigenvalue weighted by Crippen LogP contribution is -2.19. The van der Waals surface area contributed by atoms with E-state index in [0.29, 0.717) is 50.8 Å². The summed E-state index contributed by atoms with van der Waals surface area (Å²) in [6.45, 7) is 14.9. The normalized spacial score (nSPS) is 12.3. The van der Waals surface area contributed by atoms with Crippen LogP contribution in [0.3, 0.4) is 0 Å². The highest BCUT2D eigenvalue weighted by atomic mass is 16.5. The quantitative estimate of drug-likeness (QED) is 0.295. The molecule has 0 fully saturated rings. The smallest absolute Gasteiger partial charge is 0.138 e. The van der Waals surface area contributed by atoms with Crippen LogP contribution in [-0.4, -0.2) is 54.8 Å². The number of carbonyl (C=O) groups excluding carboxylic acids is 2. The van der Waals surface area contributed by atoms with Crippen LogP contribution in [0.2, 0.25) is 0 Å². The average Bonchev–Trinajstić information content (AvgIpc) is 3.44. The number of aryl methyl sites for hydroxylation is 2. The van der Waals surface area contributed by atoms with E-state index in [1.165, 1.54) is 0 Å². The van der Waals surface area contributed by atoms with Crippen molar-refractivity contribution in [3.63, 3.8) is 0 Å². The lowest BCUT2D eigenvalue weighted by Gasteiger charge is -2.16. The summed E-state index contributed by atoms with van der Waals surface area (Å²) in [6, 6.07) is 0. The lowest BCUT2D eigenvalue weighted by atomic mass is 9.88. The van der Waals surface area contributed by atoms with Crippen molar-refractivity contribution in [3.8, 4) is 0 Å². The highest BCUT2D eigenvalue weighted by Crippen LogP contribution is 2.19. The summed E-state index contributed by atoms with van der Waals surface area (Å²) >= 11 is 0. The molecule has 0 saturated carbocycles. The zero-order chi connectivity index (χ0) is 26.6. The highest BCUT2D eigenvalue weighted by Gasteiger charge is 2.20. The molecule has 0 unspecified atom stereocenters. The van der Waals surface area contributed by atoms with E-state index in [1.807, 2.05) is 53.9 Å². The van der Waals surface area contributed by atoms with Gasteiger partial charge in [-0.05, 0) is 25.7 Å². The van der Waals surface area contributed by atoms with Gasteiger partial charge in [0.2, 0.25) is 0 Å². The zero-order valence-electron chi connectivity index (χ0n) is 23.0. The van der Waals surface area contributed by atoms with Gasteiger partial charge in [0.05, 0.1) is 38.8 Å². The molecule has 0 spiro atoms. The Morgan fingerprint density at radius 1 is 0.694 bits per heavy atom. The van der Waals surface area contributed by atoms with E-state index in [4.69, 9.17) is 9.47 Å². The first-order valence-corrected chi connectivity index (χ1v) is 13.0. The summed E-state index contributed by atoms with van der Waals surface area (Å²) in [5.41, 5.74) is 1.01. The number of unbranched alkanes of at least 4 members (excludes halogenated alkanes) is 2. The van der Waals surface area contributed by atoms with Gasteiger partial charge in [-0.1, -0.05) is 52.0 Å². The molecule has 0 saturated heterocycles. The molecular weight excluding hydrogens is 460 g/mol. The van der Waals surface area contributed by atoms with Gasteiger partial charge in [-0.3, -0.25) is 19.0 Å². The van der Waals surface area contributed by atoms with Gasteiger partial charge < -0.3 is 9.47 Å². The van der Waals surface area contributed by atoms with Crippen molar-refractivity contribution in [2.45, 2.75) is 106 Å². The van der Waals surface area contributed by atoms with Crippen molar-refractivity contribution in [3.05, 3.63) is 23.8 Å². The molecule has 0 radical (unpaired) electrons. The van der Waals surface area contributed by atoms with Crippen LogP contribution in [0.1, 0.15) is 91.5 Å². The van der Waals surface area contributed by atoms with Crippen molar-refractivity contribution < 1.29 is 19.1 Å². The first kappa shape index (κ1) is 29.8. The molecule has 0 aliphatic heterocycles. The molecule has 0 N–H and O–H groups in total. The SMILES string of the molecule is CC(C)(C)C(=O)CCCCn1cc(COCCOCc2cn(CCCCC(=O)C(C)(C)C)nn2)nn1. The number of ketones is 2. The molecule has 2 aromatic heterocycles. The van der Waals surface area contributed by atoms with E-state index in [9.17, 15) is 9.59 Å². The molecule has 0 atom stereocenters. The second-order valence-electron chi connectivity index (χ2n) is 11.3. The number of hydrogen-bond donors (Lipinski definition) is 0. The monoisotopic (exact) mass is 504 g/mol. The Kier molecular flexibility index (Phi) is 11.8. The van der Waals surface area contributed by atoms with Crippen LogP contribution in [-0.2, 0) is 45.4 Å². The number of aromatic nitrogens is 6. The maximum Gasteiger partial charge on any atom is 0.138 e. The van der Waals surface area contributed by atoms with Crippen LogP contribution in [0.25, 0.3) is 0 Å². The van der Waals surface area contributed by atoms with Crippen molar-refractivity contribution in [1.82, 2.24) is 30.0 Å². The summed E-state index contributed by atoms with van der Waals surface area (Å²) in [4.78, 5) is 23.9. The molecule has 0 aromatic carbocycles. The predicted molar refractivity (Wildman–Crippen MR) is 136 cm³/mol. The summed E-state index contributed by atoms with van der Waals surface area (Å²) in [6.07, 6.45) is 8.44. The van der Waals surface area contributed by atoms with Crippen molar-refractivity contribution in [1.29, 1.82) is 0 Å². The maximum atomic E-state index is 12.0. The standard InChI is InChI=1S/C26H44N6O4/c1-25(2,3)23(33)11-7-9-13-31-17-21(27-29-31)19-35-15-16-36-20-22-18-32(30-28-22)14-10-8-12-24(34)26(4,5)6/h17-18H,7-16,19-20H2,1-6H3. The third-order valence-corrected chi connectivity index (χ3v) is 5.80. The third kappa shape index (κ3) is 11.5. The molecule has 0 aliphatic rings. The van der Waals surface area contributed by atoms with Gasteiger partial charge in [0.15, 0.2) is 0 Å². The largest absolute Gasteiger partial charge is 0.373 e. The van der Waals surface area contributed by atoms with E-state index in [0.717, 1.165) is 50.2 Å². The molecule has 202 valence electrons. The summed E-state index contributed by atoms with van der Waals surface area (Å²) in [5, 5.41) is 16.5. The fourth-order valence-electron chi connectivity index (χ4n) is 3.37.